The Hall–Kier alpha value is -1.96. The topological polar surface area (TPSA) is 65.9 Å². The van der Waals surface area contributed by atoms with Gasteiger partial charge in [0.1, 0.15) is 5.75 Å². The van der Waals surface area contributed by atoms with Crippen LogP contribution in [0.3, 0.4) is 0 Å². The van der Waals surface area contributed by atoms with Crippen LogP contribution in [0.1, 0.15) is 39.2 Å². The number of aliphatic hydroxyl groups is 1. The smallest absolute Gasteiger partial charge is 0.422 e. The molecule has 1 rings (SSSR count). The average molecular weight is 403 g/mol. The van der Waals surface area contributed by atoms with E-state index in [1.165, 1.54) is 6.07 Å². The molecule has 0 bridgehead atoms. The van der Waals surface area contributed by atoms with E-state index in [0.717, 1.165) is 6.42 Å². The quantitative estimate of drug-likeness (QED) is 0.389. The maximum atomic E-state index is 12.4. The highest BCUT2D eigenvalue weighted by Crippen LogP contribution is 2.22. The molecular weight excluding hydrogens is 371 g/mol. The van der Waals surface area contributed by atoms with Crippen molar-refractivity contribution < 1.29 is 23.0 Å². The fourth-order valence-electron chi connectivity index (χ4n) is 2.83. The van der Waals surface area contributed by atoms with Crippen LogP contribution in [0.4, 0.5) is 13.2 Å². The maximum Gasteiger partial charge on any atom is 0.422 e. The van der Waals surface area contributed by atoms with Gasteiger partial charge in [-0.3, -0.25) is 0 Å². The van der Waals surface area contributed by atoms with Crippen LogP contribution in [0.25, 0.3) is 0 Å². The summed E-state index contributed by atoms with van der Waals surface area (Å²) < 4.78 is 42.2. The van der Waals surface area contributed by atoms with Crippen molar-refractivity contribution >= 4 is 5.96 Å². The molecule has 0 aliphatic carbocycles. The monoisotopic (exact) mass is 403 g/mol. The minimum Gasteiger partial charge on any atom is -0.484 e. The SMILES string of the molecule is CCNC(=NCc1ccccc1OCC(F)(F)F)NCC(CCO)CC(C)C. The predicted octanol–water partition coefficient (Wildman–Crippen LogP) is 3.73. The number of alkyl halides is 3. The zero-order chi connectivity index (χ0) is 21.0. The Morgan fingerprint density at radius 2 is 1.93 bits per heavy atom. The summed E-state index contributed by atoms with van der Waals surface area (Å²) in [5.74, 6) is 1.60. The lowest BCUT2D eigenvalue weighted by Crippen LogP contribution is -2.40. The molecule has 8 heteroatoms. The molecule has 5 nitrogen and oxygen atoms in total. The number of ether oxygens (including phenoxy) is 1. The molecule has 0 radical (unpaired) electrons. The summed E-state index contributed by atoms with van der Waals surface area (Å²) in [6.45, 7) is 6.54. The molecule has 0 aromatic heterocycles. The second kappa shape index (κ2) is 12.5. The molecule has 0 aliphatic rings. The number of halogens is 3. The summed E-state index contributed by atoms with van der Waals surface area (Å²) in [6.07, 6.45) is -2.69. The molecule has 1 atom stereocenters. The number of hydrogen-bond donors (Lipinski definition) is 3. The number of aliphatic imine (C=N–C) groups is 1. The molecule has 1 aromatic rings. The van der Waals surface area contributed by atoms with E-state index >= 15 is 0 Å². The normalized spacial score (nSPS) is 13.5. The highest BCUT2D eigenvalue weighted by atomic mass is 19.4. The van der Waals surface area contributed by atoms with Crippen LogP contribution in [0, 0.1) is 11.8 Å². The summed E-state index contributed by atoms with van der Waals surface area (Å²) in [4.78, 5) is 4.47. The highest BCUT2D eigenvalue weighted by molar-refractivity contribution is 5.79. The summed E-state index contributed by atoms with van der Waals surface area (Å²) >= 11 is 0. The largest absolute Gasteiger partial charge is 0.484 e. The molecule has 1 aromatic carbocycles. The van der Waals surface area contributed by atoms with E-state index in [4.69, 9.17) is 4.74 Å². The van der Waals surface area contributed by atoms with Gasteiger partial charge in [-0.15, -0.1) is 0 Å². The Labute approximate surface area is 165 Å². The zero-order valence-electron chi connectivity index (χ0n) is 16.9. The molecule has 1 unspecified atom stereocenters. The standard InChI is InChI=1S/C20H32F3N3O2/c1-4-24-19(25-12-16(9-10-27)11-15(2)3)26-13-17-7-5-6-8-18(17)28-14-20(21,22)23/h5-8,15-16,27H,4,9-14H2,1-3H3,(H2,24,25,26). The van der Waals surface area contributed by atoms with Gasteiger partial charge in [0.05, 0.1) is 6.54 Å². The first-order valence-electron chi connectivity index (χ1n) is 9.65. The van der Waals surface area contributed by atoms with Gasteiger partial charge < -0.3 is 20.5 Å². The molecule has 0 saturated carbocycles. The molecule has 0 heterocycles. The number of para-hydroxylation sites is 1. The third-order valence-corrected chi connectivity index (χ3v) is 4.02. The molecule has 160 valence electrons. The van der Waals surface area contributed by atoms with Crippen molar-refractivity contribution in [2.75, 3.05) is 26.3 Å². The van der Waals surface area contributed by atoms with Crippen molar-refractivity contribution in [3.05, 3.63) is 29.8 Å². The van der Waals surface area contributed by atoms with Crippen molar-refractivity contribution in [3.63, 3.8) is 0 Å². The van der Waals surface area contributed by atoms with E-state index in [9.17, 15) is 18.3 Å². The first-order valence-corrected chi connectivity index (χ1v) is 9.65. The van der Waals surface area contributed by atoms with Gasteiger partial charge in [0, 0.05) is 25.3 Å². The van der Waals surface area contributed by atoms with Gasteiger partial charge in [0.15, 0.2) is 12.6 Å². The van der Waals surface area contributed by atoms with Crippen LogP contribution < -0.4 is 15.4 Å². The number of hydrogen-bond acceptors (Lipinski definition) is 3. The number of rotatable bonds is 11. The van der Waals surface area contributed by atoms with Crippen molar-refractivity contribution in [1.82, 2.24) is 10.6 Å². The summed E-state index contributed by atoms with van der Waals surface area (Å²) in [5.41, 5.74) is 0.582. The van der Waals surface area contributed by atoms with Crippen LogP contribution >= 0.6 is 0 Å². The van der Waals surface area contributed by atoms with E-state index in [-0.39, 0.29) is 18.9 Å². The van der Waals surface area contributed by atoms with E-state index in [0.29, 0.717) is 42.9 Å². The second-order valence-electron chi connectivity index (χ2n) is 7.10. The maximum absolute atomic E-state index is 12.4. The molecule has 3 N–H and O–H groups in total. The van der Waals surface area contributed by atoms with Crippen LogP contribution in [0.5, 0.6) is 5.75 Å². The Bertz CT molecular complexity index is 592. The summed E-state index contributed by atoms with van der Waals surface area (Å²) in [5, 5.41) is 15.6. The number of benzene rings is 1. The molecule has 0 aliphatic heterocycles. The first kappa shape index (κ1) is 24.1. The Morgan fingerprint density at radius 3 is 2.54 bits per heavy atom. The van der Waals surface area contributed by atoms with E-state index in [2.05, 4.69) is 29.5 Å². The minimum absolute atomic E-state index is 0.136. The third-order valence-electron chi connectivity index (χ3n) is 4.02. The average Bonchev–Trinajstić information content (AvgIpc) is 2.62. The van der Waals surface area contributed by atoms with Crippen molar-refractivity contribution in [1.29, 1.82) is 0 Å². The number of nitrogens with zero attached hydrogens (tertiary/aromatic N) is 1. The van der Waals surface area contributed by atoms with Crippen LogP contribution in [-0.2, 0) is 6.54 Å². The Balaban J connectivity index is 2.76. The summed E-state index contributed by atoms with van der Waals surface area (Å²) in [6, 6.07) is 6.59. The predicted molar refractivity (Wildman–Crippen MR) is 105 cm³/mol. The third kappa shape index (κ3) is 10.4. The first-order chi connectivity index (χ1) is 13.2. The summed E-state index contributed by atoms with van der Waals surface area (Å²) in [7, 11) is 0. The molecule has 0 fully saturated rings. The lowest BCUT2D eigenvalue weighted by Gasteiger charge is -2.20. The molecule has 0 amide bonds. The van der Waals surface area contributed by atoms with E-state index in [1.54, 1.807) is 18.2 Å². The number of guanidine groups is 1. The van der Waals surface area contributed by atoms with Crippen molar-refractivity contribution in [2.24, 2.45) is 16.8 Å². The van der Waals surface area contributed by atoms with Gasteiger partial charge in [-0.25, -0.2) is 4.99 Å². The van der Waals surface area contributed by atoms with Gasteiger partial charge in [-0.2, -0.15) is 13.2 Å². The van der Waals surface area contributed by atoms with Gasteiger partial charge in [-0.05, 0) is 37.7 Å². The fourth-order valence-corrected chi connectivity index (χ4v) is 2.83. The zero-order valence-corrected chi connectivity index (χ0v) is 16.9. The van der Waals surface area contributed by atoms with E-state index in [1.807, 2.05) is 6.92 Å². The molecular formula is C20H32F3N3O2. The molecule has 28 heavy (non-hydrogen) atoms. The molecule has 0 spiro atoms. The van der Waals surface area contributed by atoms with Gasteiger partial charge >= 0.3 is 6.18 Å². The lowest BCUT2D eigenvalue weighted by atomic mass is 9.94. The van der Waals surface area contributed by atoms with Gasteiger partial charge in [0.25, 0.3) is 0 Å². The fraction of sp³-hybridized carbons (Fsp3) is 0.650. The van der Waals surface area contributed by atoms with Crippen LogP contribution in [-0.4, -0.2) is 43.5 Å². The van der Waals surface area contributed by atoms with Crippen molar-refractivity contribution in [3.8, 4) is 5.75 Å². The van der Waals surface area contributed by atoms with Crippen molar-refractivity contribution in [2.45, 2.75) is 46.3 Å². The highest BCUT2D eigenvalue weighted by Gasteiger charge is 2.28. The van der Waals surface area contributed by atoms with Crippen LogP contribution in [0.2, 0.25) is 0 Å². The van der Waals surface area contributed by atoms with Gasteiger partial charge in [0.2, 0.25) is 0 Å². The van der Waals surface area contributed by atoms with Crippen LogP contribution in [0.15, 0.2) is 29.3 Å². The number of aliphatic hydroxyl groups excluding tert-OH is 1. The van der Waals surface area contributed by atoms with Gasteiger partial charge in [-0.1, -0.05) is 32.0 Å². The Kier molecular flexibility index (Phi) is 10.7. The van der Waals surface area contributed by atoms with E-state index < -0.39 is 12.8 Å². The number of nitrogens with one attached hydrogen (secondary N) is 2. The minimum atomic E-state index is -4.38. The Morgan fingerprint density at radius 1 is 1.21 bits per heavy atom. The lowest BCUT2D eigenvalue weighted by molar-refractivity contribution is -0.153. The molecule has 0 saturated heterocycles. The second-order valence-corrected chi connectivity index (χ2v) is 7.10.